The molecule has 0 aromatic carbocycles. The molecule has 1 aliphatic carbocycles. The van der Waals surface area contributed by atoms with E-state index in [1.165, 1.54) is 44.3 Å². The van der Waals surface area contributed by atoms with Crippen LogP contribution in [-0.4, -0.2) is 35.1 Å². The molecule has 3 nitrogen and oxygen atoms in total. The van der Waals surface area contributed by atoms with Gasteiger partial charge >= 0.3 is 0 Å². The molecule has 2 aliphatic rings. The zero-order valence-corrected chi connectivity index (χ0v) is 12.6. The molecule has 2 fully saturated rings. The van der Waals surface area contributed by atoms with E-state index in [-0.39, 0.29) is 0 Å². The Morgan fingerprint density at radius 2 is 2.10 bits per heavy atom. The van der Waals surface area contributed by atoms with Crippen molar-refractivity contribution in [3.8, 4) is 0 Å². The van der Waals surface area contributed by atoms with Gasteiger partial charge in [0.05, 0.1) is 5.69 Å². The molecule has 0 radical (unpaired) electrons. The smallest absolute Gasteiger partial charge is 0.0544 e. The summed E-state index contributed by atoms with van der Waals surface area (Å²) in [5, 5.41) is 3.79. The van der Waals surface area contributed by atoms with Crippen molar-refractivity contribution < 1.29 is 0 Å². The maximum Gasteiger partial charge on any atom is 0.0544 e. The van der Waals surface area contributed by atoms with Gasteiger partial charge in [-0.05, 0) is 37.8 Å². The van der Waals surface area contributed by atoms with Crippen LogP contribution in [0.5, 0.6) is 0 Å². The quantitative estimate of drug-likeness (QED) is 0.918. The Kier molecular flexibility index (Phi) is 4.69. The molecule has 0 amide bonds. The zero-order valence-electron chi connectivity index (χ0n) is 12.6. The minimum atomic E-state index is 0.608. The third-order valence-electron chi connectivity index (χ3n) is 5.04. The van der Waals surface area contributed by atoms with Gasteiger partial charge in [-0.25, -0.2) is 0 Å². The molecule has 1 saturated heterocycles. The van der Waals surface area contributed by atoms with Crippen LogP contribution in [0.4, 0.5) is 0 Å². The van der Waals surface area contributed by atoms with Crippen LogP contribution in [0.2, 0.25) is 0 Å². The molecule has 1 aromatic heterocycles. The van der Waals surface area contributed by atoms with Gasteiger partial charge in [0.25, 0.3) is 0 Å². The van der Waals surface area contributed by atoms with Crippen LogP contribution in [0.1, 0.15) is 44.7 Å². The molecule has 1 aromatic rings. The van der Waals surface area contributed by atoms with E-state index >= 15 is 0 Å². The van der Waals surface area contributed by atoms with Crippen molar-refractivity contribution in [2.45, 2.75) is 57.7 Å². The normalized spacial score (nSPS) is 29.4. The maximum absolute atomic E-state index is 4.48. The van der Waals surface area contributed by atoms with E-state index in [4.69, 9.17) is 0 Å². The largest absolute Gasteiger partial charge is 0.311 e. The first-order valence-electron chi connectivity index (χ1n) is 8.20. The summed E-state index contributed by atoms with van der Waals surface area (Å²) in [5.41, 5.74) is 1.20. The average Bonchev–Trinajstić information content (AvgIpc) is 2.51. The molecule has 20 heavy (non-hydrogen) atoms. The van der Waals surface area contributed by atoms with Crippen molar-refractivity contribution >= 4 is 0 Å². The number of rotatable bonds is 3. The Balaban J connectivity index is 1.61. The minimum absolute atomic E-state index is 0.608. The van der Waals surface area contributed by atoms with E-state index < -0.39 is 0 Å². The van der Waals surface area contributed by atoms with Gasteiger partial charge in [0, 0.05) is 37.9 Å². The second-order valence-corrected chi connectivity index (χ2v) is 6.51. The molecule has 2 heterocycles. The fraction of sp³-hybridized carbons (Fsp3) is 0.706. The third-order valence-corrected chi connectivity index (χ3v) is 5.04. The first kappa shape index (κ1) is 14.0. The van der Waals surface area contributed by atoms with Crippen LogP contribution >= 0.6 is 0 Å². The number of hydrogen-bond acceptors (Lipinski definition) is 3. The van der Waals surface area contributed by atoms with E-state index in [9.17, 15) is 0 Å². The first-order valence-corrected chi connectivity index (χ1v) is 8.20. The van der Waals surface area contributed by atoms with Gasteiger partial charge in [0.15, 0.2) is 0 Å². The number of nitrogens with zero attached hydrogens (tertiary/aromatic N) is 2. The van der Waals surface area contributed by atoms with Crippen LogP contribution in [0.3, 0.4) is 0 Å². The molecule has 1 aliphatic heterocycles. The Morgan fingerprint density at radius 3 is 2.85 bits per heavy atom. The van der Waals surface area contributed by atoms with Gasteiger partial charge in [0.2, 0.25) is 0 Å². The highest BCUT2D eigenvalue weighted by molar-refractivity contribution is 5.04. The van der Waals surface area contributed by atoms with Gasteiger partial charge in [-0.15, -0.1) is 0 Å². The van der Waals surface area contributed by atoms with Gasteiger partial charge in [-0.1, -0.05) is 25.3 Å². The van der Waals surface area contributed by atoms with Crippen molar-refractivity contribution in [3.05, 3.63) is 30.1 Å². The van der Waals surface area contributed by atoms with E-state index in [2.05, 4.69) is 34.3 Å². The lowest BCUT2D eigenvalue weighted by molar-refractivity contribution is 0.0970. The van der Waals surface area contributed by atoms with Crippen molar-refractivity contribution in [2.24, 2.45) is 5.92 Å². The molecule has 2 atom stereocenters. The second kappa shape index (κ2) is 6.68. The Morgan fingerprint density at radius 1 is 1.25 bits per heavy atom. The molecule has 3 rings (SSSR count). The van der Waals surface area contributed by atoms with E-state index in [1.807, 2.05) is 12.3 Å². The SMILES string of the molecule is CC1CNC(C2CCCCC2)CN1Cc1ccccn1. The number of hydrogen-bond donors (Lipinski definition) is 1. The Bertz CT molecular complexity index is 400. The van der Waals surface area contributed by atoms with Gasteiger partial charge in [0.1, 0.15) is 0 Å². The standard InChI is InChI=1S/C17H27N3/c1-14-11-19-17(15-7-3-2-4-8-15)13-20(14)12-16-9-5-6-10-18-16/h5-6,9-10,14-15,17,19H,2-4,7-8,11-13H2,1H3. The van der Waals surface area contributed by atoms with Crippen molar-refractivity contribution in [3.63, 3.8) is 0 Å². The lowest BCUT2D eigenvalue weighted by atomic mass is 9.82. The minimum Gasteiger partial charge on any atom is -0.311 e. The summed E-state index contributed by atoms with van der Waals surface area (Å²) >= 11 is 0. The Labute approximate surface area is 122 Å². The van der Waals surface area contributed by atoms with Crippen molar-refractivity contribution in [1.82, 2.24) is 15.2 Å². The van der Waals surface area contributed by atoms with E-state index in [0.29, 0.717) is 12.1 Å². The summed E-state index contributed by atoms with van der Waals surface area (Å²) in [6, 6.07) is 7.53. The summed E-state index contributed by atoms with van der Waals surface area (Å²) < 4.78 is 0. The molecule has 110 valence electrons. The predicted molar refractivity (Wildman–Crippen MR) is 82.5 cm³/mol. The van der Waals surface area contributed by atoms with Crippen LogP contribution in [0.25, 0.3) is 0 Å². The molecule has 0 spiro atoms. The second-order valence-electron chi connectivity index (χ2n) is 6.51. The first-order chi connectivity index (χ1) is 9.83. The zero-order chi connectivity index (χ0) is 13.8. The highest BCUT2D eigenvalue weighted by Crippen LogP contribution is 2.28. The fourth-order valence-electron chi connectivity index (χ4n) is 3.72. The molecule has 2 unspecified atom stereocenters. The summed E-state index contributed by atoms with van der Waals surface area (Å²) in [4.78, 5) is 7.09. The topological polar surface area (TPSA) is 28.2 Å². The molecule has 1 saturated carbocycles. The van der Waals surface area contributed by atoms with Crippen molar-refractivity contribution in [2.75, 3.05) is 13.1 Å². The van der Waals surface area contributed by atoms with Crippen LogP contribution in [0, 0.1) is 5.92 Å². The number of pyridine rings is 1. The molecular weight excluding hydrogens is 246 g/mol. The summed E-state index contributed by atoms with van der Waals surface area (Å²) in [6.45, 7) is 5.62. The number of aromatic nitrogens is 1. The van der Waals surface area contributed by atoms with Crippen LogP contribution < -0.4 is 5.32 Å². The van der Waals surface area contributed by atoms with Crippen LogP contribution in [-0.2, 0) is 6.54 Å². The van der Waals surface area contributed by atoms with Crippen LogP contribution in [0.15, 0.2) is 24.4 Å². The van der Waals surface area contributed by atoms with Gasteiger partial charge in [-0.2, -0.15) is 0 Å². The highest BCUT2D eigenvalue weighted by Gasteiger charge is 2.31. The lowest BCUT2D eigenvalue weighted by Crippen LogP contribution is -2.57. The highest BCUT2D eigenvalue weighted by atomic mass is 15.2. The maximum atomic E-state index is 4.48. The van der Waals surface area contributed by atoms with Gasteiger partial charge < -0.3 is 5.32 Å². The van der Waals surface area contributed by atoms with E-state index in [0.717, 1.165) is 19.0 Å². The van der Waals surface area contributed by atoms with Crippen molar-refractivity contribution in [1.29, 1.82) is 0 Å². The molecule has 0 bridgehead atoms. The molecular formula is C17H27N3. The fourth-order valence-corrected chi connectivity index (χ4v) is 3.72. The average molecular weight is 273 g/mol. The predicted octanol–water partition coefficient (Wildman–Crippen LogP) is 2.82. The lowest BCUT2D eigenvalue weighted by Gasteiger charge is -2.42. The Hall–Kier alpha value is -0.930. The van der Waals surface area contributed by atoms with Gasteiger partial charge in [-0.3, -0.25) is 9.88 Å². The summed E-state index contributed by atoms with van der Waals surface area (Å²) in [6.07, 6.45) is 9.04. The van der Waals surface area contributed by atoms with E-state index in [1.54, 1.807) is 0 Å². The third kappa shape index (κ3) is 3.39. The summed E-state index contributed by atoms with van der Waals surface area (Å²) in [5.74, 6) is 0.891. The molecule has 3 heteroatoms. The summed E-state index contributed by atoms with van der Waals surface area (Å²) in [7, 11) is 0. The monoisotopic (exact) mass is 273 g/mol. The number of piperazine rings is 1. The number of nitrogens with one attached hydrogen (secondary N) is 1. The molecule has 1 N–H and O–H groups in total.